The highest BCUT2D eigenvalue weighted by Crippen LogP contribution is 2.39. The van der Waals surface area contributed by atoms with Gasteiger partial charge in [-0.05, 0) is 78.1 Å². The number of carbonyl (C=O) groups excluding carboxylic acids is 2. The van der Waals surface area contributed by atoms with Crippen molar-refractivity contribution >= 4 is 22.7 Å². The van der Waals surface area contributed by atoms with E-state index in [1.807, 2.05) is 77.8 Å². The highest BCUT2D eigenvalue weighted by atomic mass is 16.5. The van der Waals surface area contributed by atoms with E-state index in [9.17, 15) is 9.59 Å². The van der Waals surface area contributed by atoms with Crippen LogP contribution in [0.15, 0.2) is 91.4 Å². The van der Waals surface area contributed by atoms with Gasteiger partial charge in [0.05, 0.1) is 24.4 Å². The predicted octanol–water partition coefficient (Wildman–Crippen LogP) is 5.66. The van der Waals surface area contributed by atoms with Gasteiger partial charge in [-0.25, -0.2) is 0 Å². The van der Waals surface area contributed by atoms with Crippen molar-refractivity contribution in [2.45, 2.75) is 18.9 Å². The number of H-pyrrole nitrogens is 1. The molecule has 0 spiro atoms. The Balaban J connectivity index is 1.32. The maximum absolute atomic E-state index is 14.2. The Morgan fingerprint density at radius 3 is 2.83 bits per heavy atom. The molecule has 3 aliphatic rings. The third-order valence-electron chi connectivity index (χ3n) is 7.69. The van der Waals surface area contributed by atoms with Gasteiger partial charge in [-0.3, -0.25) is 14.6 Å². The van der Waals surface area contributed by atoms with Gasteiger partial charge >= 0.3 is 0 Å². The Bertz CT molecular complexity index is 1780. The zero-order chi connectivity index (χ0) is 27.8. The van der Waals surface area contributed by atoms with E-state index in [4.69, 9.17) is 9.47 Å². The SMILES string of the molecule is O=C1NCCCOc2cccc(c2)C2c3ccc(cc3CCN2C(=O)c2cccc3[nH]ccc23)Oc2cncc1c2. The number of fused-ring (bicyclic) bond motifs is 7. The maximum Gasteiger partial charge on any atom is 0.255 e. The van der Waals surface area contributed by atoms with Crippen LogP contribution in [0, 0.1) is 0 Å². The molecule has 3 aliphatic heterocycles. The van der Waals surface area contributed by atoms with E-state index in [2.05, 4.69) is 15.3 Å². The third kappa shape index (κ3) is 4.78. The standard InChI is InChI=1S/C33H28N4O4/c38-32-23-18-26(20-34-19-23)41-25-8-9-27-21(16-25)11-14-37(33(39)29-6-2-7-30-28(29)10-13-35-30)31(27)22-4-1-5-24(17-22)40-15-3-12-36-32/h1-2,4-10,13,16-20,31,35H,3,11-12,14-15H2,(H,36,38). The number of amides is 2. The van der Waals surface area contributed by atoms with E-state index in [0.717, 1.165) is 33.3 Å². The molecule has 41 heavy (non-hydrogen) atoms. The minimum Gasteiger partial charge on any atom is -0.494 e. The summed E-state index contributed by atoms with van der Waals surface area (Å²) in [7, 11) is 0. The molecule has 1 unspecified atom stereocenters. The van der Waals surface area contributed by atoms with Gasteiger partial charge in [-0.2, -0.15) is 0 Å². The van der Waals surface area contributed by atoms with E-state index in [1.165, 1.54) is 6.20 Å². The summed E-state index contributed by atoms with van der Waals surface area (Å²) in [4.78, 5) is 36.2. The number of aromatic amines is 1. The summed E-state index contributed by atoms with van der Waals surface area (Å²) >= 11 is 0. The van der Waals surface area contributed by atoms with Crippen molar-refractivity contribution in [1.29, 1.82) is 0 Å². The Morgan fingerprint density at radius 1 is 0.951 bits per heavy atom. The number of rotatable bonds is 1. The summed E-state index contributed by atoms with van der Waals surface area (Å²) in [6.45, 7) is 1.44. The summed E-state index contributed by atoms with van der Waals surface area (Å²) < 4.78 is 12.2. The molecule has 2 amide bonds. The fourth-order valence-electron chi connectivity index (χ4n) is 5.75. The number of hydrogen-bond donors (Lipinski definition) is 2. The van der Waals surface area contributed by atoms with Crippen molar-refractivity contribution in [1.82, 2.24) is 20.2 Å². The van der Waals surface area contributed by atoms with Gasteiger partial charge in [0.25, 0.3) is 11.8 Å². The first kappa shape index (κ1) is 24.9. The second kappa shape index (κ2) is 10.5. The van der Waals surface area contributed by atoms with E-state index in [-0.39, 0.29) is 17.9 Å². The molecule has 5 heterocycles. The van der Waals surface area contributed by atoms with Crippen LogP contribution in [0.3, 0.4) is 0 Å². The highest BCUT2D eigenvalue weighted by molar-refractivity contribution is 6.06. The van der Waals surface area contributed by atoms with E-state index < -0.39 is 0 Å². The zero-order valence-electron chi connectivity index (χ0n) is 22.3. The normalized spacial score (nSPS) is 16.7. The lowest BCUT2D eigenvalue weighted by Gasteiger charge is -2.38. The minimum atomic E-state index is -0.304. The van der Waals surface area contributed by atoms with Gasteiger partial charge < -0.3 is 24.7 Å². The lowest BCUT2D eigenvalue weighted by atomic mass is 9.87. The zero-order valence-corrected chi connectivity index (χ0v) is 22.3. The number of pyridine rings is 1. The third-order valence-corrected chi connectivity index (χ3v) is 7.69. The molecule has 8 heteroatoms. The molecule has 0 aliphatic carbocycles. The van der Waals surface area contributed by atoms with E-state index >= 15 is 0 Å². The first-order valence-corrected chi connectivity index (χ1v) is 13.8. The smallest absolute Gasteiger partial charge is 0.255 e. The fourth-order valence-corrected chi connectivity index (χ4v) is 5.75. The van der Waals surface area contributed by atoms with E-state index in [0.29, 0.717) is 55.2 Å². The highest BCUT2D eigenvalue weighted by Gasteiger charge is 2.34. The second-order valence-electron chi connectivity index (χ2n) is 10.3. The lowest BCUT2D eigenvalue weighted by Crippen LogP contribution is -2.40. The monoisotopic (exact) mass is 544 g/mol. The Kier molecular flexibility index (Phi) is 6.35. The van der Waals surface area contributed by atoms with Crippen molar-refractivity contribution in [3.63, 3.8) is 0 Å². The van der Waals surface area contributed by atoms with Crippen LogP contribution in [0.2, 0.25) is 0 Å². The van der Waals surface area contributed by atoms with Crippen LogP contribution in [0.1, 0.15) is 49.9 Å². The van der Waals surface area contributed by atoms with Gasteiger partial charge in [-0.1, -0.05) is 24.3 Å². The Morgan fingerprint density at radius 2 is 1.88 bits per heavy atom. The predicted molar refractivity (Wildman–Crippen MR) is 155 cm³/mol. The first-order chi connectivity index (χ1) is 20.1. The Hall–Kier alpha value is -5.11. The molecular weight excluding hydrogens is 516 g/mol. The number of nitrogens with zero attached hydrogens (tertiary/aromatic N) is 2. The number of nitrogens with one attached hydrogen (secondary N) is 2. The van der Waals surface area contributed by atoms with Crippen molar-refractivity contribution in [3.8, 4) is 17.2 Å². The molecule has 204 valence electrons. The van der Waals surface area contributed by atoms with Crippen molar-refractivity contribution in [3.05, 3.63) is 119 Å². The van der Waals surface area contributed by atoms with Gasteiger partial charge in [0.1, 0.15) is 17.2 Å². The Labute approximate surface area is 236 Å². The molecule has 3 aromatic carbocycles. The number of aromatic nitrogens is 2. The molecule has 0 saturated heterocycles. The molecule has 2 aromatic heterocycles. The molecule has 8 rings (SSSR count). The van der Waals surface area contributed by atoms with Crippen LogP contribution in [0.25, 0.3) is 10.9 Å². The van der Waals surface area contributed by atoms with Crippen LogP contribution in [0.4, 0.5) is 0 Å². The molecule has 5 aromatic rings. The average molecular weight is 545 g/mol. The topological polar surface area (TPSA) is 96.6 Å². The summed E-state index contributed by atoms with van der Waals surface area (Å²) in [5, 5.41) is 3.82. The lowest BCUT2D eigenvalue weighted by molar-refractivity contribution is 0.0696. The van der Waals surface area contributed by atoms with Gasteiger partial charge in [-0.15, -0.1) is 0 Å². The largest absolute Gasteiger partial charge is 0.494 e. The molecule has 0 radical (unpaired) electrons. The van der Waals surface area contributed by atoms with Gasteiger partial charge in [0.2, 0.25) is 0 Å². The molecule has 0 fully saturated rings. The number of carbonyl (C=O) groups is 2. The minimum absolute atomic E-state index is 0.0155. The molecule has 1 atom stereocenters. The van der Waals surface area contributed by atoms with E-state index in [1.54, 1.807) is 12.3 Å². The van der Waals surface area contributed by atoms with Crippen molar-refractivity contribution < 1.29 is 19.1 Å². The molecule has 0 saturated carbocycles. The van der Waals surface area contributed by atoms with Gasteiger partial charge in [0, 0.05) is 41.9 Å². The molecular formula is C33H28N4O4. The first-order valence-electron chi connectivity index (χ1n) is 13.8. The summed E-state index contributed by atoms with van der Waals surface area (Å²) in [6.07, 6.45) is 6.30. The second-order valence-corrected chi connectivity index (χ2v) is 10.3. The fraction of sp³-hybridized carbons (Fsp3) is 0.182. The van der Waals surface area contributed by atoms with Crippen molar-refractivity contribution in [2.75, 3.05) is 19.7 Å². The van der Waals surface area contributed by atoms with Crippen molar-refractivity contribution in [2.24, 2.45) is 0 Å². The van der Waals surface area contributed by atoms with Gasteiger partial charge in [0.15, 0.2) is 0 Å². The number of ether oxygens (including phenoxy) is 2. The quantitative estimate of drug-likeness (QED) is 0.284. The average Bonchev–Trinajstić information content (AvgIpc) is 3.49. The van der Waals surface area contributed by atoms with Crippen LogP contribution >= 0.6 is 0 Å². The molecule has 8 nitrogen and oxygen atoms in total. The van der Waals surface area contributed by atoms with Crippen LogP contribution in [-0.2, 0) is 6.42 Å². The maximum atomic E-state index is 14.2. The summed E-state index contributed by atoms with van der Waals surface area (Å²) in [5.41, 5.74) is 5.16. The summed E-state index contributed by atoms with van der Waals surface area (Å²) in [5.74, 6) is 1.63. The van der Waals surface area contributed by atoms with Crippen LogP contribution in [0.5, 0.6) is 17.2 Å². The summed E-state index contributed by atoms with van der Waals surface area (Å²) in [6, 6.07) is 23.0. The molecule has 2 N–H and O–H groups in total. The molecule has 8 bridgehead atoms. The van der Waals surface area contributed by atoms with Crippen LogP contribution in [-0.4, -0.2) is 46.4 Å². The number of hydrogen-bond acceptors (Lipinski definition) is 5. The van der Waals surface area contributed by atoms with Crippen LogP contribution < -0.4 is 14.8 Å². The number of benzene rings is 3.